The molecule has 0 radical (unpaired) electrons. The Morgan fingerprint density at radius 3 is 2.37 bits per heavy atom. The number of benzene rings is 1. The molecule has 0 aliphatic rings. The number of rotatable bonds is 5. The molecule has 0 saturated carbocycles. The van der Waals surface area contributed by atoms with Gasteiger partial charge in [0.25, 0.3) is 0 Å². The molecule has 106 valence electrons. The van der Waals surface area contributed by atoms with E-state index >= 15 is 0 Å². The van der Waals surface area contributed by atoms with Crippen molar-refractivity contribution < 1.29 is 14.3 Å². The number of hydrogen-bond donors (Lipinski definition) is 2. The number of methoxy groups -OCH3 is 1. The molecule has 1 rings (SSSR count). The largest absolute Gasteiger partial charge is 0.467 e. The van der Waals surface area contributed by atoms with Gasteiger partial charge < -0.3 is 15.8 Å². The number of carbonyl (C=O) groups is 2. The molecule has 0 spiro atoms. The van der Waals surface area contributed by atoms with E-state index < -0.39 is 12.0 Å². The monoisotopic (exact) mass is 286 g/mol. The van der Waals surface area contributed by atoms with Crippen LogP contribution in [0.5, 0.6) is 0 Å². The van der Waals surface area contributed by atoms with E-state index in [9.17, 15) is 9.59 Å². The molecule has 0 heterocycles. The number of amides is 1. The van der Waals surface area contributed by atoms with Gasteiger partial charge in [0.1, 0.15) is 0 Å². The van der Waals surface area contributed by atoms with Crippen LogP contribution < -0.4 is 11.1 Å². The predicted molar refractivity (Wildman–Crippen MR) is 74.8 cm³/mol. The Morgan fingerprint density at radius 1 is 1.32 bits per heavy atom. The van der Waals surface area contributed by atoms with E-state index in [1.165, 1.54) is 7.11 Å². The van der Waals surface area contributed by atoms with E-state index in [4.69, 9.17) is 10.5 Å². The highest BCUT2D eigenvalue weighted by Gasteiger charge is 2.24. The first-order valence-corrected chi connectivity index (χ1v) is 5.73. The van der Waals surface area contributed by atoms with Gasteiger partial charge in [0.2, 0.25) is 5.91 Å². The zero-order valence-electron chi connectivity index (χ0n) is 11.0. The molecule has 3 N–H and O–H groups in total. The van der Waals surface area contributed by atoms with E-state index in [-0.39, 0.29) is 30.8 Å². The van der Waals surface area contributed by atoms with Crippen LogP contribution in [0.4, 0.5) is 0 Å². The van der Waals surface area contributed by atoms with Crippen LogP contribution in [0.1, 0.15) is 18.5 Å². The molecule has 0 fully saturated rings. The van der Waals surface area contributed by atoms with Crippen LogP contribution in [0.2, 0.25) is 0 Å². The van der Waals surface area contributed by atoms with Crippen molar-refractivity contribution in [3.05, 3.63) is 35.9 Å². The normalized spacial score (nSPS) is 12.8. The highest BCUT2D eigenvalue weighted by atomic mass is 35.5. The SMILES string of the molecule is COC(=O)C(NC(=O)C(C)CN)c1ccccc1.Cl. The van der Waals surface area contributed by atoms with E-state index in [0.29, 0.717) is 5.56 Å². The zero-order valence-corrected chi connectivity index (χ0v) is 11.8. The smallest absolute Gasteiger partial charge is 0.333 e. The fourth-order valence-corrected chi connectivity index (χ4v) is 1.43. The second kappa shape index (κ2) is 8.50. The van der Waals surface area contributed by atoms with E-state index in [1.807, 2.05) is 6.07 Å². The third-order valence-corrected chi connectivity index (χ3v) is 2.66. The molecule has 2 unspecified atom stereocenters. The molecule has 0 bridgehead atoms. The second-order valence-electron chi connectivity index (χ2n) is 4.01. The van der Waals surface area contributed by atoms with Crippen LogP contribution in [0.25, 0.3) is 0 Å². The quantitative estimate of drug-likeness (QED) is 0.792. The van der Waals surface area contributed by atoms with Gasteiger partial charge in [-0.15, -0.1) is 12.4 Å². The number of nitrogens with two attached hydrogens (primary N) is 1. The fraction of sp³-hybridized carbons (Fsp3) is 0.385. The Kier molecular flexibility index (Phi) is 7.79. The molecular weight excluding hydrogens is 268 g/mol. The van der Waals surface area contributed by atoms with Crippen LogP contribution in [0.3, 0.4) is 0 Å². The molecule has 0 aromatic heterocycles. The molecule has 1 amide bonds. The summed E-state index contributed by atoms with van der Waals surface area (Å²) >= 11 is 0. The first-order chi connectivity index (χ1) is 8.60. The van der Waals surface area contributed by atoms with Crippen molar-refractivity contribution in [1.82, 2.24) is 5.32 Å². The number of carbonyl (C=O) groups excluding carboxylic acids is 2. The molecule has 6 heteroatoms. The van der Waals surface area contributed by atoms with Gasteiger partial charge in [-0.1, -0.05) is 37.3 Å². The minimum Gasteiger partial charge on any atom is -0.467 e. The summed E-state index contributed by atoms with van der Waals surface area (Å²) in [5, 5.41) is 2.64. The third kappa shape index (κ3) is 4.89. The molecule has 2 atom stereocenters. The van der Waals surface area contributed by atoms with E-state index in [2.05, 4.69) is 5.32 Å². The fourth-order valence-electron chi connectivity index (χ4n) is 1.43. The van der Waals surface area contributed by atoms with E-state index in [0.717, 1.165) is 0 Å². The maximum atomic E-state index is 11.8. The van der Waals surface area contributed by atoms with Gasteiger partial charge in [-0.05, 0) is 5.56 Å². The molecule has 19 heavy (non-hydrogen) atoms. The maximum Gasteiger partial charge on any atom is 0.333 e. The lowest BCUT2D eigenvalue weighted by atomic mass is 10.1. The molecule has 0 saturated heterocycles. The highest BCUT2D eigenvalue weighted by molar-refractivity contribution is 5.86. The first kappa shape index (κ1) is 17.4. The number of esters is 1. The van der Waals surface area contributed by atoms with Crippen LogP contribution in [0, 0.1) is 5.92 Å². The van der Waals surface area contributed by atoms with Crippen LogP contribution in [-0.4, -0.2) is 25.5 Å². The van der Waals surface area contributed by atoms with E-state index in [1.54, 1.807) is 31.2 Å². The van der Waals surface area contributed by atoms with Gasteiger partial charge in [0.15, 0.2) is 6.04 Å². The van der Waals surface area contributed by atoms with Gasteiger partial charge >= 0.3 is 5.97 Å². The summed E-state index contributed by atoms with van der Waals surface area (Å²) in [6.07, 6.45) is 0. The topological polar surface area (TPSA) is 81.4 Å². The Morgan fingerprint density at radius 2 is 1.89 bits per heavy atom. The zero-order chi connectivity index (χ0) is 13.5. The van der Waals surface area contributed by atoms with Gasteiger partial charge in [-0.25, -0.2) is 4.79 Å². The molecule has 0 aliphatic carbocycles. The molecule has 5 nitrogen and oxygen atoms in total. The van der Waals surface area contributed by atoms with Crippen molar-refractivity contribution in [2.45, 2.75) is 13.0 Å². The Hall–Kier alpha value is -1.59. The lowest BCUT2D eigenvalue weighted by Gasteiger charge is -2.18. The van der Waals surface area contributed by atoms with Crippen molar-refractivity contribution in [2.24, 2.45) is 11.7 Å². The summed E-state index contributed by atoms with van der Waals surface area (Å²) in [6.45, 7) is 1.93. The summed E-state index contributed by atoms with van der Waals surface area (Å²) in [5.41, 5.74) is 6.10. The summed E-state index contributed by atoms with van der Waals surface area (Å²) < 4.78 is 4.70. The first-order valence-electron chi connectivity index (χ1n) is 5.73. The van der Waals surface area contributed by atoms with Crippen molar-refractivity contribution in [2.75, 3.05) is 13.7 Å². The van der Waals surface area contributed by atoms with Crippen molar-refractivity contribution in [1.29, 1.82) is 0 Å². The lowest BCUT2D eigenvalue weighted by molar-refractivity contribution is -0.145. The minimum atomic E-state index is -0.794. The lowest BCUT2D eigenvalue weighted by Crippen LogP contribution is -2.39. The average Bonchev–Trinajstić information content (AvgIpc) is 2.43. The number of hydrogen-bond acceptors (Lipinski definition) is 4. The van der Waals surface area contributed by atoms with Gasteiger partial charge in [0.05, 0.1) is 7.11 Å². The van der Waals surface area contributed by atoms with Crippen molar-refractivity contribution in [3.8, 4) is 0 Å². The van der Waals surface area contributed by atoms with Crippen molar-refractivity contribution in [3.63, 3.8) is 0 Å². The number of halogens is 1. The van der Waals surface area contributed by atoms with Gasteiger partial charge in [0, 0.05) is 12.5 Å². The maximum absolute atomic E-state index is 11.8. The summed E-state index contributed by atoms with van der Waals surface area (Å²) in [5.74, 6) is -1.11. The van der Waals surface area contributed by atoms with Gasteiger partial charge in [-0.3, -0.25) is 4.79 Å². The standard InChI is InChI=1S/C13H18N2O3.ClH/c1-9(8-14)12(16)15-11(13(17)18-2)10-6-4-3-5-7-10;/h3-7,9,11H,8,14H2,1-2H3,(H,15,16);1H. The summed E-state index contributed by atoms with van der Waals surface area (Å²) in [6, 6.07) is 8.15. The number of ether oxygens (including phenoxy) is 1. The molecule has 0 aliphatic heterocycles. The molecular formula is C13H19ClN2O3. The predicted octanol–water partition coefficient (Wildman–Crippen LogP) is 1.03. The third-order valence-electron chi connectivity index (χ3n) is 2.66. The molecule has 1 aromatic rings. The average molecular weight is 287 g/mol. The summed E-state index contributed by atoms with van der Waals surface area (Å²) in [7, 11) is 1.29. The van der Waals surface area contributed by atoms with Crippen molar-refractivity contribution >= 4 is 24.3 Å². The Balaban J connectivity index is 0.00000324. The highest BCUT2D eigenvalue weighted by Crippen LogP contribution is 2.14. The second-order valence-corrected chi connectivity index (χ2v) is 4.01. The number of nitrogens with one attached hydrogen (secondary N) is 1. The summed E-state index contributed by atoms with van der Waals surface area (Å²) in [4.78, 5) is 23.5. The molecule has 1 aromatic carbocycles. The van der Waals surface area contributed by atoms with Crippen LogP contribution in [-0.2, 0) is 14.3 Å². The van der Waals surface area contributed by atoms with Gasteiger partial charge in [-0.2, -0.15) is 0 Å². The Labute approximate surface area is 118 Å². The Bertz CT molecular complexity index is 412. The minimum absolute atomic E-state index is 0. The van der Waals surface area contributed by atoms with Crippen LogP contribution in [0.15, 0.2) is 30.3 Å². The van der Waals surface area contributed by atoms with Crippen LogP contribution >= 0.6 is 12.4 Å².